The molecule has 2 aromatic rings. The second-order valence-corrected chi connectivity index (χ2v) is 5.27. The van der Waals surface area contributed by atoms with Gasteiger partial charge in [0.15, 0.2) is 0 Å². The van der Waals surface area contributed by atoms with Crippen molar-refractivity contribution in [3.63, 3.8) is 0 Å². The van der Waals surface area contributed by atoms with Crippen molar-refractivity contribution in [2.24, 2.45) is 0 Å². The van der Waals surface area contributed by atoms with Gasteiger partial charge < -0.3 is 5.73 Å². The predicted molar refractivity (Wildman–Crippen MR) is 78.6 cm³/mol. The minimum atomic E-state index is 0.453. The number of nitrogen functional groups attached to an aromatic ring is 1. The van der Waals surface area contributed by atoms with Crippen molar-refractivity contribution in [2.75, 3.05) is 5.73 Å². The lowest BCUT2D eigenvalue weighted by atomic mass is 10.2. The van der Waals surface area contributed by atoms with Crippen molar-refractivity contribution < 1.29 is 0 Å². The maximum absolute atomic E-state index is 9.15. The smallest absolute Gasteiger partial charge is 0.140 e. The molecule has 0 saturated heterocycles. The average molecular weight is 319 g/mol. The summed E-state index contributed by atoms with van der Waals surface area (Å²) in [5.41, 5.74) is 8.40. The minimum absolute atomic E-state index is 0.453. The number of halogens is 1. The van der Waals surface area contributed by atoms with E-state index in [1.807, 2.05) is 24.3 Å². The van der Waals surface area contributed by atoms with E-state index < -0.39 is 0 Å². The highest BCUT2D eigenvalue weighted by Gasteiger charge is 2.14. The lowest BCUT2D eigenvalue weighted by Crippen LogP contribution is -2.06. The van der Waals surface area contributed by atoms with Crippen LogP contribution in [0.15, 0.2) is 28.7 Å². The standard InChI is InChI=1S/C14H15BrN4/c1-2-3-13-12(8-16)14(17)19(18-13)9-10-4-6-11(15)7-5-10/h4-7H,2-3,9,17H2,1H3. The van der Waals surface area contributed by atoms with E-state index in [9.17, 15) is 0 Å². The summed E-state index contributed by atoms with van der Waals surface area (Å²) >= 11 is 3.40. The molecular weight excluding hydrogens is 304 g/mol. The number of rotatable bonds is 4. The second-order valence-electron chi connectivity index (χ2n) is 4.35. The number of nitriles is 1. The third-order valence-electron chi connectivity index (χ3n) is 2.91. The fraction of sp³-hybridized carbons (Fsp3) is 0.286. The van der Waals surface area contributed by atoms with E-state index in [-0.39, 0.29) is 0 Å². The van der Waals surface area contributed by atoms with Gasteiger partial charge in [0.1, 0.15) is 17.5 Å². The van der Waals surface area contributed by atoms with Gasteiger partial charge in [-0.2, -0.15) is 10.4 Å². The van der Waals surface area contributed by atoms with E-state index in [2.05, 4.69) is 34.0 Å². The molecule has 19 heavy (non-hydrogen) atoms. The number of hydrogen-bond donors (Lipinski definition) is 1. The van der Waals surface area contributed by atoms with Crippen LogP contribution in [0.4, 0.5) is 5.82 Å². The molecule has 0 bridgehead atoms. The SMILES string of the molecule is CCCc1nn(Cc2ccc(Br)cc2)c(N)c1C#N. The minimum Gasteiger partial charge on any atom is -0.383 e. The molecule has 2 rings (SSSR count). The largest absolute Gasteiger partial charge is 0.383 e. The zero-order valence-electron chi connectivity index (χ0n) is 10.7. The number of benzene rings is 1. The summed E-state index contributed by atoms with van der Waals surface area (Å²) in [7, 11) is 0. The van der Waals surface area contributed by atoms with Crippen LogP contribution in [0.2, 0.25) is 0 Å². The summed E-state index contributed by atoms with van der Waals surface area (Å²) in [5.74, 6) is 0.453. The fourth-order valence-corrected chi connectivity index (χ4v) is 2.21. The maximum atomic E-state index is 9.15. The Morgan fingerprint density at radius 3 is 2.63 bits per heavy atom. The Balaban J connectivity index is 2.30. The molecule has 0 aliphatic heterocycles. The van der Waals surface area contributed by atoms with Crippen molar-refractivity contribution in [3.05, 3.63) is 45.6 Å². The first-order valence-corrected chi connectivity index (χ1v) is 6.94. The van der Waals surface area contributed by atoms with Gasteiger partial charge in [-0.3, -0.25) is 0 Å². The van der Waals surface area contributed by atoms with Gasteiger partial charge in [0.25, 0.3) is 0 Å². The monoisotopic (exact) mass is 318 g/mol. The Morgan fingerprint density at radius 1 is 1.37 bits per heavy atom. The Bertz CT molecular complexity index is 608. The number of aryl methyl sites for hydroxylation is 1. The lowest BCUT2D eigenvalue weighted by molar-refractivity contribution is 0.676. The highest BCUT2D eigenvalue weighted by molar-refractivity contribution is 9.10. The van der Waals surface area contributed by atoms with Crippen molar-refractivity contribution in [1.82, 2.24) is 9.78 Å². The van der Waals surface area contributed by atoms with Gasteiger partial charge in [-0.25, -0.2) is 4.68 Å². The molecule has 5 heteroatoms. The van der Waals surface area contributed by atoms with Crippen LogP contribution < -0.4 is 5.73 Å². The van der Waals surface area contributed by atoms with E-state index >= 15 is 0 Å². The zero-order chi connectivity index (χ0) is 13.8. The average Bonchev–Trinajstić information content (AvgIpc) is 2.69. The molecule has 0 spiro atoms. The number of hydrogen-bond acceptors (Lipinski definition) is 3. The molecule has 0 aliphatic rings. The molecule has 0 atom stereocenters. The second kappa shape index (κ2) is 5.89. The topological polar surface area (TPSA) is 67.6 Å². The Morgan fingerprint density at radius 2 is 2.05 bits per heavy atom. The first kappa shape index (κ1) is 13.6. The van der Waals surface area contributed by atoms with Gasteiger partial charge in [-0.05, 0) is 24.1 Å². The van der Waals surface area contributed by atoms with E-state index in [1.165, 1.54) is 0 Å². The Hall–Kier alpha value is -1.80. The van der Waals surface area contributed by atoms with E-state index in [0.29, 0.717) is 17.9 Å². The molecule has 0 unspecified atom stereocenters. The van der Waals surface area contributed by atoms with Gasteiger partial charge in [0, 0.05) is 4.47 Å². The fourth-order valence-electron chi connectivity index (χ4n) is 1.94. The quantitative estimate of drug-likeness (QED) is 0.941. The van der Waals surface area contributed by atoms with E-state index in [4.69, 9.17) is 11.0 Å². The summed E-state index contributed by atoms with van der Waals surface area (Å²) in [4.78, 5) is 0. The molecule has 4 nitrogen and oxygen atoms in total. The van der Waals surface area contributed by atoms with E-state index in [1.54, 1.807) is 4.68 Å². The van der Waals surface area contributed by atoms with Crippen LogP contribution in [0.3, 0.4) is 0 Å². The van der Waals surface area contributed by atoms with Crippen LogP contribution in [-0.4, -0.2) is 9.78 Å². The van der Waals surface area contributed by atoms with Gasteiger partial charge >= 0.3 is 0 Å². The highest BCUT2D eigenvalue weighted by Crippen LogP contribution is 2.19. The zero-order valence-corrected chi connectivity index (χ0v) is 12.3. The molecule has 98 valence electrons. The summed E-state index contributed by atoms with van der Waals surface area (Å²) in [6.07, 6.45) is 1.73. The molecule has 0 aliphatic carbocycles. The third-order valence-corrected chi connectivity index (χ3v) is 3.44. The van der Waals surface area contributed by atoms with Crippen LogP contribution in [0.5, 0.6) is 0 Å². The van der Waals surface area contributed by atoms with Gasteiger partial charge in [-0.15, -0.1) is 0 Å². The lowest BCUT2D eigenvalue weighted by Gasteiger charge is -2.04. The molecule has 1 heterocycles. The van der Waals surface area contributed by atoms with Crippen molar-refractivity contribution in [1.29, 1.82) is 5.26 Å². The molecule has 0 fully saturated rings. The number of aromatic nitrogens is 2. The number of nitrogens with two attached hydrogens (primary N) is 1. The molecule has 0 radical (unpaired) electrons. The van der Waals surface area contributed by atoms with Crippen LogP contribution in [-0.2, 0) is 13.0 Å². The molecule has 2 N–H and O–H groups in total. The molecule has 1 aromatic heterocycles. The molecule has 0 saturated carbocycles. The van der Waals surface area contributed by atoms with E-state index in [0.717, 1.165) is 28.6 Å². The maximum Gasteiger partial charge on any atom is 0.140 e. The van der Waals surface area contributed by atoms with Crippen molar-refractivity contribution >= 4 is 21.7 Å². The van der Waals surface area contributed by atoms with Crippen LogP contribution in [0, 0.1) is 11.3 Å². The normalized spacial score (nSPS) is 10.4. The Labute approximate surface area is 121 Å². The first-order valence-electron chi connectivity index (χ1n) is 6.15. The highest BCUT2D eigenvalue weighted by atomic mass is 79.9. The predicted octanol–water partition coefficient (Wildman–Crippen LogP) is 3.10. The van der Waals surface area contributed by atoms with Crippen molar-refractivity contribution in [3.8, 4) is 6.07 Å². The number of anilines is 1. The Kier molecular flexibility index (Phi) is 4.23. The first-order chi connectivity index (χ1) is 9.15. The van der Waals surface area contributed by atoms with Crippen LogP contribution in [0.25, 0.3) is 0 Å². The third kappa shape index (κ3) is 2.96. The van der Waals surface area contributed by atoms with Crippen LogP contribution >= 0.6 is 15.9 Å². The summed E-state index contributed by atoms with van der Waals surface area (Å²) in [5, 5.41) is 13.6. The number of nitrogens with zero attached hydrogens (tertiary/aromatic N) is 3. The molecule has 1 aromatic carbocycles. The summed E-state index contributed by atoms with van der Waals surface area (Å²) in [6.45, 7) is 2.64. The molecule has 0 amide bonds. The van der Waals surface area contributed by atoms with Gasteiger partial charge in [0.05, 0.1) is 12.2 Å². The van der Waals surface area contributed by atoms with Gasteiger partial charge in [-0.1, -0.05) is 41.4 Å². The van der Waals surface area contributed by atoms with Crippen molar-refractivity contribution in [2.45, 2.75) is 26.3 Å². The summed E-state index contributed by atoms with van der Waals surface area (Å²) in [6, 6.07) is 10.1. The van der Waals surface area contributed by atoms with Crippen LogP contribution in [0.1, 0.15) is 30.2 Å². The van der Waals surface area contributed by atoms with Gasteiger partial charge in [0.2, 0.25) is 0 Å². The summed E-state index contributed by atoms with van der Waals surface area (Å²) < 4.78 is 2.74. The molecular formula is C14H15BrN4.